The number of amides is 2. The highest BCUT2D eigenvalue weighted by Gasteiger charge is 2.18. The summed E-state index contributed by atoms with van der Waals surface area (Å²) in [5.41, 5.74) is 0. The van der Waals surface area contributed by atoms with Crippen LogP contribution in [0.2, 0.25) is 0 Å². The molecule has 0 aromatic heterocycles. The van der Waals surface area contributed by atoms with Gasteiger partial charge in [-0.25, -0.2) is 4.79 Å². The lowest BCUT2D eigenvalue weighted by atomic mass is 10.1. The number of Topliss-reactive ketones (excluding diaryl/α,β-unsaturated/α-hetero) is 2. The smallest absolute Gasteiger partial charge is 0.315 e. The van der Waals surface area contributed by atoms with Crippen LogP contribution in [0.4, 0.5) is 4.79 Å². The average Bonchev–Trinajstić information content (AvgIpc) is 2.60. The Bertz CT molecular complexity index is 535. The van der Waals surface area contributed by atoms with E-state index in [1.54, 1.807) is 0 Å². The quantitative estimate of drug-likeness (QED) is 0.252. The molecule has 9 heteroatoms. The molecule has 0 aliphatic carbocycles. The van der Waals surface area contributed by atoms with Crippen LogP contribution in [0.15, 0.2) is 0 Å². The lowest BCUT2D eigenvalue weighted by Gasteiger charge is -2.17. The normalized spacial score (nSPS) is 14.1. The summed E-state index contributed by atoms with van der Waals surface area (Å²) in [7, 11) is -3.57. The van der Waals surface area contributed by atoms with E-state index in [2.05, 4.69) is 10.6 Å². The van der Waals surface area contributed by atoms with Crippen LogP contribution < -0.4 is 15.5 Å². The SMILES string of the molecule is CC(=O)CC(NC(=O)NCCCCCCCCCCCCOP(C)(=O)[O-])C(C)=O. The highest BCUT2D eigenvalue weighted by molar-refractivity contribution is 7.50. The van der Waals surface area contributed by atoms with Crippen molar-refractivity contribution in [1.82, 2.24) is 10.6 Å². The van der Waals surface area contributed by atoms with E-state index in [1.165, 1.54) is 26.7 Å². The molecule has 2 amide bonds. The molecular weight excluding hydrogens is 395 g/mol. The molecule has 0 saturated heterocycles. The Morgan fingerprint density at radius 3 is 1.83 bits per heavy atom. The number of rotatable bonds is 18. The zero-order valence-electron chi connectivity index (χ0n) is 18.2. The second-order valence-electron chi connectivity index (χ2n) is 7.61. The van der Waals surface area contributed by atoms with Crippen molar-refractivity contribution in [1.29, 1.82) is 0 Å². The van der Waals surface area contributed by atoms with Gasteiger partial charge in [0.2, 0.25) is 0 Å². The van der Waals surface area contributed by atoms with Gasteiger partial charge in [-0.3, -0.25) is 9.59 Å². The Hall–Kier alpha value is -1.24. The van der Waals surface area contributed by atoms with E-state index in [1.807, 2.05) is 0 Å². The van der Waals surface area contributed by atoms with E-state index < -0.39 is 19.7 Å². The molecule has 2 N–H and O–H groups in total. The fraction of sp³-hybridized carbons (Fsp3) is 0.850. The van der Waals surface area contributed by atoms with Crippen molar-refractivity contribution in [2.75, 3.05) is 19.8 Å². The van der Waals surface area contributed by atoms with Gasteiger partial charge in [0.25, 0.3) is 0 Å². The predicted octanol–water partition coefficient (Wildman–Crippen LogP) is 3.32. The number of hydrogen-bond donors (Lipinski definition) is 2. The Morgan fingerprint density at radius 2 is 1.38 bits per heavy atom. The zero-order valence-corrected chi connectivity index (χ0v) is 19.1. The maximum atomic E-state index is 11.8. The topological polar surface area (TPSA) is 125 Å². The molecular formula is C20H38N2O6P-. The third kappa shape index (κ3) is 19.8. The molecule has 0 saturated carbocycles. The molecule has 0 heterocycles. The van der Waals surface area contributed by atoms with Crippen molar-refractivity contribution in [3.8, 4) is 0 Å². The lowest BCUT2D eigenvalue weighted by Crippen LogP contribution is -2.46. The van der Waals surface area contributed by atoms with Crippen molar-refractivity contribution in [3.63, 3.8) is 0 Å². The van der Waals surface area contributed by atoms with E-state index in [4.69, 9.17) is 4.52 Å². The molecule has 0 radical (unpaired) electrons. The second kappa shape index (κ2) is 16.5. The van der Waals surface area contributed by atoms with Crippen LogP contribution in [-0.4, -0.2) is 43.5 Å². The maximum Gasteiger partial charge on any atom is 0.315 e. The molecule has 0 aromatic carbocycles. The van der Waals surface area contributed by atoms with E-state index in [9.17, 15) is 23.8 Å². The van der Waals surface area contributed by atoms with Crippen LogP contribution in [-0.2, 0) is 18.7 Å². The number of ketones is 2. The minimum absolute atomic E-state index is 0.0253. The summed E-state index contributed by atoms with van der Waals surface area (Å²) < 4.78 is 15.5. The molecule has 0 fully saturated rings. The Morgan fingerprint density at radius 1 is 0.897 bits per heavy atom. The third-order valence-electron chi connectivity index (χ3n) is 4.47. The number of carbonyl (C=O) groups is 3. The Kier molecular flexibility index (Phi) is 15.8. The number of carbonyl (C=O) groups excluding carboxylic acids is 3. The zero-order chi connectivity index (χ0) is 22.1. The van der Waals surface area contributed by atoms with Gasteiger partial charge in [0, 0.05) is 19.6 Å². The van der Waals surface area contributed by atoms with Crippen LogP contribution in [0.1, 0.15) is 84.5 Å². The largest absolute Gasteiger partial charge is 0.779 e. The fourth-order valence-electron chi connectivity index (χ4n) is 2.87. The molecule has 8 nitrogen and oxygen atoms in total. The van der Waals surface area contributed by atoms with Gasteiger partial charge in [-0.15, -0.1) is 0 Å². The fourth-order valence-corrected chi connectivity index (χ4v) is 3.33. The highest BCUT2D eigenvalue weighted by atomic mass is 31.2. The standard InChI is InChI=1S/C20H39N2O6P/c1-17(23)16-19(18(2)24)22-20(25)21-14-12-10-8-6-4-5-7-9-11-13-15-28-29(3,26)27/h19H,4-16H2,1-3H3,(H,26,27)(H2,21,22,25)/p-1. The molecule has 0 aromatic rings. The molecule has 0 aliphatic rings. The summed E-state index contributed by atoms with van der Waals surface area (Å²) >= 11 is 0. The second-order valence-corrected chi connectivity index (χ2v) is 9.41. The molecule has 2 unspecified atom stereocenters. The van der Waals surface area contributed by atoms with Crippen LogP contribution in [0.3, 0.4) is 0 Å². The first-order valence-electron chi connectivity index (χ1n) is 10.6. The number of urea groups is 1. The summed E-state index contributed by atoms with van der Waals surface area (Å²) in [4.78, 5) is 45.1. The van der Waals surface area contributed by atoms with Gasteiger partial charge < -0.3 is 24.6 Å². The number of nitrogens with one attached hydrogen (secondary N) is 2. The first-order chi connectivity index (χ1) is 13.6. The van der Waals surface area contributed by atoms with Gasteiger partial charge in [-0.1, -0.05) is 51.4 Å². The monoisotopic (exact) mass is 433 g/mol. The van der Waals surface area contributed by atoms with Gasteiger partial charge in [-0.05, 0) is 26.7 Å². The first-order valence-corrected chi connectivity index (χ1v) is 12.6. The first kappa shape index (κ1) is 27.8. The van der Waals surface area contributed by atoms with Crippen LogP contribution in [0.25, 0.3) is 0 Å². The molecule has 0 spiro atoms. The summed E-state index contributed by atoms with van der Waals surface area (Å²) in [6.07, 6.45) is 10.6. The molecule has 170 valence electrons. The van der Waals surface area contributed by atoms with E-state index >= 15 is 0 Å². The van der Waals surface area contributed by atoms with Gasteiger partial charge in [0.1, 0.15) is 13.4 Å². The number of unbranched alkanes of at least 4 members (excludes halogenated alkanes) is 9. The van der Waals surface area contributed by atoms with Gasteiger partial charge >= 0.3 is 6.03 Å². The lowest BCUT2D eigenvalue weighted by molar-refractivity contribution is -0.196. The highest BCUT2D eigenvalue weighted by Crippen LogP contribution is 2.31. The van der Waals surface area contributed by atoms with Crippen molar-refractivity contribution < 1.29 is 28.4 Å². The Balaban J connectivity index is 3.46. The van der Waals surface area contributed by atoms with E-state index in [-0.39, 0.29) is 24.6 Å². The van der Waals surface area contributed by atoms with Gasteiger partial charge in [-0.2, -0.15) is 0 Å². The predicted molar refractivity (Wildman–Crippen MR) is 112 cm³/mol. The summed E-state index contributed by atoms with van der Waals surface area (Å²) in [5, 5.41) is 5.27. The van der Waals surface area contributed by atoms with E-state index in [0.717, 1.165) is 58.0 Å². The molecule has 0 bridgehead atoms. The number of hydrogen-bond acceptors (Lipinski definition) is 6. The van der Waals surface area contributed by atoms with Crippen molar-refractivity contribution >= 4 is 25.2 Å². The van der Waals surface area contributed by atoms with Crippen LogP contribution in [0.5, 0.6) is 0 Å². The molecule has 2 atom stereocenters. The van der Waals surface area contributed by atoms with Crippen molar-refractivity contribution in [2.45, 2.75) is 90.5 Å². The van der Waals surface area contributed by atoms with Crippen LogP contribution >= 0.6 is 7.60 Å². The average molecular weight is 434 g/mol. The minimum Gasteiger partial charge on any atom is -0.779 e. The van der Waals surface area contributed by atoms with Crippen molar-refractivity contribution in [2.24, 2.45) is 0 Å². The van der Waals surface area contributed by atoms with Gasteiger partial charge in [0.15, 0.2) is 5.78 Å². The molecule has 0 rings (SSSR count). The molecule has 0 aliphatic heterocycles. The van der Waals surface area contributed by atoms with Crippen molar-refractivity contribution in [3.05, 3.63) is 0 Å². The minimum atomic E-state index is -3.57. The third-order valence-corrected chi connectivity index (χ3v) is 5.12. The Labute approximate surface area is 175 Å². The summed E-state index contributed by atoms with van der Waals surface area (Å²) in [5.74, 6) is -0.357. The maximum absolute atomic E-state index is 11.8. The van der Waals surface area contributed by atoms with Crippen LogP contribution in [0, 0.1) is 0 Å². The van der Waals surface area contributed by atoms with E-state index in [0.29, 0.717) is 6.54 Å². The molecule has 29 heavy (non-hydrogen) atoms. The van der Waals surface area contributed by atoms with Gasteiger partial charge in [0.05, 0.1) is 12.6 Å². The summed E-state index contributed by atoms with van der Waals surface area (Å²) in [6, 6.07) is -1.16. The summed E-state index contributed by atoms with van der Waals surface area (Å²) in [6.45, 7) is 4.69.